The number of rotatable bonds is 15. The minimum atomic E-state index is -0.709. The second-order valence-corrected chi connectivity index (χ2v) is 11.8. The van der Waals surface area contributed by atoms with E-state index in [1.54, 1.807) is 43.7 Å². The average Bonchev–Trinajstić information content (AvgIpc) is 3.39. The van der Waals surface area contributed by atoms with E-state index in [-0.39, 0.29) is 12.2 Å². The number of thiazole rings is 1. The number of ether oxygens (including phenoxy) is 6. The lowest BCUT2D eigenvalue weighted by Crippen LogP contribution is -2.39. The third-order valence-electron chi connectivity index (χ3n) is 7.52. The van der Waals surface area contributed by atoms with Gasteiger partial charge in [0.1, 0.15) is 24.7 Å². The van der Waals surface area contributed by atoms with Crippen molar-refractivity contribution in [3.8, 4) is 23.0 Å². The quantitative estimate of drug-likeness (QED) is 0.129. The van der Waals surface area contributed by atoms with Crippen LogP contribution in [0.4, 0.5) is 0 Å². The molecule has 0 saturated carbocycles. The zero-order valence-electron chi connectivity index (χ0n) is 27.8. The van der Waals surface area contributed by atoms with Crippen molar-refractivity contribution in [3.05, 3.63) is 114 Å². The molecule has 0 spiro atoms. The van der Waals surface area contributed by atoms with Crippen LogP contribution in [-0.2, 0) is 14.3 Å². The van der Waals surface area contributed by atoms with Crippen LogP contribution < -0.4 is 33.8 Å². The van der Waals surface area contributed by atoms with Crippen LogP contribution in [0.5, 0.6) is 23.0 Å². The van der Waals surface area contributed by atoms with Crippen LogP contribution in [0.1, 0.15) is 43.5 Å². The lowest BCUT2D eigenvalue weighted by atomic mass is 9.96. The summed E-state index contributed by atoms with van der Waals surface area (Å²) in [6, 6.07) is 20.0. The van der Waals surface area contributed by atoms with Crippen LogP contribution in [-0.4, -0.2) is 57.3 Å². The maximum Gasteiger partial charge on any atom is 0.338 e. The first-order chi connectivity index (χ1) is 23.3. The number of carbonyl (C=O) groups is 1. The van der Waals surface area contributed by atoms with Gasteiger partial charge in [0.05, 0.1) is 55.4 Å². The number of carbonyl (C=O) groups excluding carboxylic acids is 1. The van der Waals surface area contributed by atoms with Gasteiger partial charge in [-0.25, -0.2) is 9.79 Å². The summed E-state index contributed by atoms with van der Waals surface area (Å²) >= 11 is 1.26. The molecule has 11 heteroatoms. The molecule has 0 saturated heterocycles. The van der Waals surface area contributed by atoms with Gasteiger partial charge in [-0.3, -0.25) is 9.36 Å². The maximum absolute atomic E-state index is 14.0. The highest BCUT2D eigenvalue weighted by Crippen LogP contribution is 2.32. The van der Waals surface area contributed by atoms with Gasteiger partial charge in [-0.1, -0.05) is 47.2 Å². The van der Waals surface area contributed by atoms with Crippen molar-refractivity contribution in [3.63, 3.8) is 0 Å². The highest BCUT2D eigenvalue weighted by molar-refractivity contribution is 7.07. The number of aryl methyl sites for hydroxylation is 1. The summed E-state index contributed by atoms with van der Waals surface area (Å²) < 4.78 is 35.9. The van der Waals surface area contributed by atoms with Crippen molar-refractivity contribution in [2.75, 3.05) is 46.8 Å². The lowest BCUT2D eigenvalue weighted by Gasteiger charge is -2.24. The van der Waals surface area contributed by atoms with Crippen molar-refractivity contribution in [1.82, 2.24) is 4.57 Å². The maximum atomic E-state index is 14.0. The number of benzene rings is 3. The number of fused-ring (bicyclic) bond motifs is 1. The van der Waals surface area contributed by atoms with Gasteiger partial charge >= 0.3 is 5.97 Å². The molecule has 0 bridgehead atoms. The first-order valence-electron chi connectivity index (χ1n) is 15.8. The van der Waals surface area contributed by atoms with Crippen molar-refractivity contribution in [1.29, 1.82) is 0 Å². The van der Waals surface area contributed by atoms with E-state index >= 15 is 0 Å². The molecule has 4 aromatic rings. The van der Waals surface area contributed by atoms with Gasteiger partial charge in [0.15, 0.2) is 16.3 Å². The Morgan fingerprint density at radius 1 is 0.854 bits per heavy atom. The van der Waals surface area contributed by atoms with Crippen LogP contribution in [0.15, 0.2) is 87.8 Å². The van der Waals surface area contributed by atoms with Crippen LogP contribution in [0.3, 0.4) is 0 Å². The zero-order valence-corrected chi connectivity index (χ0v) is 28.6. The molecular formula is C37H40N2O8S. The van der Waals surface area contributed by atoms with Gasteiger partial charge in [0.25, 0.3) is 5.56 Å². The topological polar surface area (TPSA) is 107 Å². The fourth-order valence-corrected chi connectivity index (χ4v) is 6.26. The largest absolute Gasteiger partial charge is 0.497 e. The number of nitrogens with zero attached hydrogens (tertiary/aromatic N) is 2. The van der Waals surface area contributed by atoms with E-state index in [4.69, 9.17) is 28.4 Å². The van der Waals surface area contributed by atoms with Gasteiger partial charge in [0.2, 0.25) is 0 Å². The molecule has 252 valence electrons. The number of allylic oxidation sites excluding steroid dienone is 1. The molecular weight excluding hydrogens is 632 g/mol. The third kappa shape index (κ3) is 8.15. The van der Waals surface area contributed by atoms with Crippen molar-refractivity contribution < 1.29 is 33.2 Å². The molecule has 0 aliphatic carbocycles. The first-order valence-corrected chi connectivity index (χ1v) is 16.6. The highest BCUT2D eigenvalue weighted by atomic mass is 32.1. The molecule has 48 heavy (non-hydrogen) atoms. The van der Waals surface area contributed by atoms with E-state index in [1.165, 1.54) is 16.9 Å². The third-order valence-corrected chi connectivity index (χ3v) is 8.50. The predicted octanol–water partition coefficient (Wildman–Crippen LogP) is 4.99. The van der Waals surface area contributed by atoms with Crippen molar-refractivity contribution in [2.45, 2.75) is 33.7 Å². The summed E-state index contributed by atoms with van der Waals surface area (Å²) in [5, 5.41) is 0. The van der Waals surface area contributed by atoms with Crippen LogP contribution in [0.2, 0.25) is 0 Å². The Kier molecular flexibility index (Phi) is 11.7. The summed E-state index contributed by atoms with van der Waals surface area (Å²) in [7, 11) is 1.59. The van der Waals surface area contributed by atoms with Gasteiger partial charge in [-0.2, -0.15) is 0 Å². The molecule has 0 radical (unpaired) electrons. The number of methoxy groups -OCH3 is 1. The summed E-state index contributed by atoms with van der Waals surface area (Å²) in [5.74, 6) is 2.09. The van der Waals surface area contributed by atoms with Gasteiger partial charge < -0.3 is 28.4 Å². The highest BCUT2D eigenvalue weighted by Gasteiger charge is 2.33. The van der Waals surface area contributed by atoms with Crippen LogP contribution >= 0.6 is 11.3 Å². The molecule has 2 heterocycles. The molecule has 5 rings (SSSR count). The molecule has 1 aliphatic heterocycles. The minimum absolute atomic E-state index is 0.202. The molecule has 0 fully saturated rings. The Hall–Kier alpha value is -4.87. The second kappa shape index (κ2) is 16.3. The van der Waals surface area contributed by atoms with Gasteiger partial charge in [-0.05, 0) is 81.3 Å². The van der Waals surface area contributed by atoms with E-state index in [0.717, 1.165) is 16.9 Å². The Morgan fingerprint density at radius 3 is 2.25 bits per heavy atom. The van der Waals surface area contributed by atoms with Gasteiger partial charge in [-0.15, -0.1) is 0 Å². The number of aromatic nitrogens is 1. The molecule has 0 unspecified atom stereocenters. The Bertz CT molecular complexity index is 1930. The number of hydrogen-bond acceptors (Lipinski definition) is 10. The van der Waals surface area contributed by atoms with Crippen LogP contribution in [0, 0.1) is 6.92 Å². The van der Waals surface area contributed by atoms with E-state index in [9.17, 15) is 9.59 Å². The lowest BCUT2D eigenvalue weighted by molar-refractivity contribution is -0.139. The standard InChI is InChI=1S/C37H40N2O8S/c1-6-44-31-22-26(10-17-30(31)47-21-19-43-18-20-46-29-13-8-24(3)9-14-29)23-32-35(40)39-34(27-11-15-28(42-5)16-12-27)33(36(41)45-7-2)25(4)38-37(39)48-32/h8-17,22-23,34H,6-7,18-21H2,1-5H3/b32-23-/t34-/m1/s1. The number of hydrogen-bond donors (Lipinski definition) is 0. The average molecular weight is 673 g/mol. The van der Waals surface area contributed by atoms with E-state index in [0.29, 0.717) is 70.9 Å². The second-order valence-electron chi connectivity index (χ2n) is 10.8. The molecule has 1 aliphatic rings. The summed E-state index contributed by atoms with van der Waals surface area (Å²) in [6.45, 7) is 9.67. The van der Waals surface area contributed by atoms with Crippen molar-refractivity contribution >= 4 is 23.4 Å². The van der Waals surface area contributed by atoms with Crippen molar-refractivity contribution in [2.24, 2.45) is 4.99 Å². The SMILES string of the molecule is CCOC(=O)C1=C(C)N=c2s/c(=C\c3ccc(OCCOCCOc4ccc(C)cc4)c(OCC)c3)c(=O)n2[C@@H]1c1ccc(OC)cc1. The molecule has 1 atom stereocenters. The molecule has 3 aromatic carbocycles. The molecule has 0 N–H and O–H groups in total. The molecule has 10 nitrogen and oxygen atoms in total. The fourth-order valence-electron chi connectivity index (χ4n) is 5.21. The van der Waals surface area contributed by atoms with Crippen LogP contribution in [0.25, 0.3) is 6.08 Å². The molecule has 0 amide bonds. The fraction of sp³-hybridized carbons (Fsp3) is 0.324. The summed E-state index contributed by atoms with van der Waals surface area (Å²) in [5.41, 5.74) is 3.23. The Labute approximate surface area is 283 Å². The zero-order chi connectivity index (χ0) is 34.0. The van der Waals surface area contributed by atoms with E-state index < -0.39 is 12.0 Å². The van der Waals surface area contributed by atoms with Gasteiger partial charge in [0, 0.05) is 0 Å². The monoisotopic (exact) mass is 672 g/mol. The smallest absolute Gasteiger partial charge is 0.338 e. The summed E-state index contributed by atoms with van der Waals surface area (Å²) in [6.07, 6.45) is 1.79. The normalized spacial score (nSPS) is 14.3. The molecule has 1 aromatic heterocycles. The first kappa shape index (κ1) is 34.5. The minimum Gasteiger partial charge on any atom is -0.497 e. The Morgan fingerprint density at radius 2 is 1.56 bits per heavy atom. The van der Waals surface area contributed by atoms with E-state index in [1.807, 2.05) is 68.4 Å². The van der Waals surface area contributed by atoms with E-state index in [2.05, 4.69) is 4.99 Å². The number of esters is 1. The predicted molar refractivity (Wildman–Crippen MR) is 184 cm³/mol. The summed E-state index contributed by atoms with van der Waals surface area (Å²) in [4.78, 5) is 32.3. The Balaban J connectivity index is 1.33.